The average Bonchev–Trinajstić information content (AvgIpc) is 2.68. The highest BCUT2D eigenvalue weighted by molar-refractivity contribution is 8.76. The Labute approximate surface area is 186 Å². The van der Waals surface area contributed by atoms with Crippen molar-refractivity contribution in [2.75, 3.05) is 34.5 Å². The first kappa shape index (κ1) is 23.7. The first-order valence-electron chi connectivity index (χ1n) is 9.70. The van der Waals surface area contributed by atoms with Crippen molar-refractivity contribution in [1.82, 2.24) is 0 Å². The number of aryl methyl sites for hydroxylation is 2. The van der Waals surface area contributed by atoms with Gasteiger partial charge in [-0.1, -0.05) is 45.9 Å². The first-order valence-corrected chi connectivity index (χ1v) is 14.5. The molecule has 0 unspecified atom stereocenters. The van der Waals surface area contributed by atoms with Gasteiger partial charge in [-0.3, -0.25) is 0 Å². The molecule has 0 saturated carbocycles. The van der Waals surface area contributed by atoms with Crippen molar-refractivity contribution in [3.05, 3.63) is 59.7 Å². The van der Waals surface area contributed by atoms with Crippen LogP contribution in [0.3, 0.4) is 0 Å². The normalized spacial score (nSPS) is 11.0. The Morgan fingerprint density at radius 1 is 0.571 bits per heavy atom. The molecule has 2 nitrogen and oxygen atoms in total. The van der Waals surface area contributed by atoms with Crippen LogP contribution >= 0.6 is 45.1 Å². The van der Waals surface area contributed by atoms with Crippen LogP contribution in [0.25, 0.3) is 0 Å². The molecule has 0 saturated heterocycles. The van der Waals surface area contributed by atoms with E-state index in [2.05, 4.69) is 12.1 Å². The van der Waals surface area contributed by atoms with Gasteiger partial charge in [0.25, 0.3) is 0 Å². The molecule has 6 heteroatoms. The summed E-state index contributed by atoms with van der Waals surface area (Å²) in [5, 5.41) is 18.9. The highest BCUT2D eigenvalue weighted by Crippen LogP contribution is 2.24. The molecule has 0 aromatic heterocycles. The van der Waals surface area contributed by atoms with Crippen LogP contribution in [-0.4, -0.2) is 44.7 Å². The Kier molecular flexibility index (Phi) is 13.0. The summed E-state index contributed by atoms with van der Waals surface area (Å²) < 4.78 is 0. The molecule has 2 N–H and O–H groups in total. The van der Waals surface area contributed by atoms with Gasteiger partial charge in [0, 0.05) is 23.0 Å². The van der Waals surface area contributed by atoms with Gasteiger partial charge in [-0.2, -0.15) is 23.5 Å². The number of rotatable bonds is 15. The second-order valence-electron chi connectivity index (χ2n) is 6.42. The van der Waals surface area contributed by atoms with Gasteiger partial charge >= 0.3 is 0 Å². The summed E-state index contributed by atoms with van der Waals surface area (Å²) in [5.74, 6) is 7.98. The minimum absolute atomic E-state index is 0.369. The van der Waals surface area contributed by atoms with Crippen LogP contribution in [0.4, 0.5) is 0 Å². The molecular weight excluding hydrogens is 425 g/mol. The number of hydrogen-bond donors (Lipinski definition) is 2. The standard InChI is InChI=1S/C22H30O2S4/c23-21-9-1-5-19(17-21)7-3-11-25-13-15-27-28-16-14-26-12-4-8-20-6-2-10-22(24)18-20/h1-2,5-6,9-10,17-18,23-24H,3-4,7-8,11-16H2. The summed E-state index contributed by atoms with van der Waals surface area (Å²) in [4.78, 5) is 0. The number of aromatic hydroxyl groups is 2. The Morgan fingerprint density at radius 2 is 1.04 bits per heavy atom. The highest BCUT2D eigenvalue weighted by atomic mass is 33.1. The quantitative estimate of drug-likeness (QED) is 0.236. The molecule has 2 rings (SSSR count). The zero-order chi connectivity index (χ0) is 19.9. The van der Waals surface area contributed by atoms with Crippen LogP contribution < -0.4 is 0 Å². The lowest BCUT2D eigenvalue weighted by molar-refractivity contribution is 0.474. The lowest BCUT2D eigenvalue weighted by Crippen LogP contribution is -1.91. The summed E-state index contributed by atoms with van der Waals surface area (Å²) in [5.41, 5.74) is 2.45. The molecule has 0 atom stereocenters. The van der Waals surface area contributed by atoms with Gasteiger partial charge in [0.1, 0.15) is 11.5 Å². The van der Waals surface area contributed by atoms with E-state index < -0.39 is 0 Å². The summed E-state index contributed by atoms with van der Waals surface area (Å²) in [6, 6.07) is 15.2. The summed E-state index contributed by atoms with van der Waals surface area (Å²) in [6.45, 7) is 0. The van der Waals surface area contributed by atoms with E-state index in [4.69, 9.17) is 0 Å². The minimum Gasteiger partial charge on any atom is -0.508 e. The second kappa shape index (κ2) is 15.3. The maximum atomic E-state index is 9.45. The van der Waals surface area contributed by atoms with Crippen LogP contribution in [0.2, 0.25) is 0 Å². The third kappa shape index (κ3) is 11.4. The van der Waals surface area contributed by atoms with E-state index in [9.17, 15) is 10.2 Å². The van der Waals surface area contributed by atoms with E-state index >= 15 is 0 Å². The molecule has 154 valence electrons. The topological polar surface area (TPSA) is 40.5 Å². The summed E-state index contributed by atoms with van der Waals surface area (Å²) in [6.07, 6.45) is 4.44. The lowest BCUT2D eigenvalue weighted by Gasteiger charge is -2.04. The van der Waals surface area contributed by atoms with Crippen LogP contribution in [0, 0.1) is 0 Å². The molecule has 0 aliphatic heterocycles. The zero-order valence-electron chi connectivity index (χ0n) is 16.2. The van der Waals surface area contributed by atoms with Gasteiger partial charge in [-0.05, 0) is 72.6 Å². The van der Waals surface area contributed by atoms with Crippen molar-refractivity contribution in [2.24, 2.45) is 0 Å². The molecule has 0 heterocycles. The van der Waals surface area contributed by atoms with Crippen LogP contribution in [-0.2, 0) is 12.8 Å². The lowest BCUT2D eigenvalue weighted by atomic mass is 10.1. The number of thioether (sulfide) groups is 2. The fraction of sp³-hybridized carbons (Fsp3) is 0.455. The Bertz CT molecular complexity index is 609. The van der Waals surface area contributed by atoms with Gasteiger partial charge in [0.05, 0.1) is 0 Å². The molecule has 2 aromatic carbocycles. The number of benzene rings is 2. The maximum absolute atomic E-state index is 9.45. The first-order chi connectivity index (χ1) is 13.7. The number of phenols is 2. The third-order valence-electron chi connectivity index (χ3n) is 4.03. The van der Waals surface area contributed by atoms with E-state index in [1.54, 1.807) is 12.1 Å². The second-order valence-corrected chi connectivity index (χ2v) is 11.6. The van der Waals surface area contributed by atoms with Gasteiger partial charge in [0.2, 0.25) is 0 Å². The fourth-order valence-electron chi connectivity index (χ4n) is 2.69. The Morgan fingerprint density at radius 3 is 1.46 bits per heavy atom. The van der Waals surface area contributed by atoms with Crippen molar-refractivity contribution in [3.63, 3.8) is 0 Å². The number of hydrogen-bond acceptors (Lipinski definition) is 6. The van der Waals surface area contributed by atoms with Crippen molar-refractivity contribution < 1.29 is 10.2 Å². The molecule has 2 aromatic rings. The van der Waals surface area contributed by atoms with E-state index in [-0.39, 0.29) is 0 Å². The summed E-state index contributed by atoms with van der Waals surface area (Å²) in [7, 11) is 3.99. The average molecular weight is 455 g/mol. The number of phenolic OH excluding ortho intramolecular Hbond substituents is 2. The maximum Gasteiger partial charge on any atom is 0.115 e. The molecule has 0 spiro atoms. The Balaban J connectivity index is 1.31. The minimum atomic E-state index is 0.369. The largest absolute Gasteiger partial charge is 0.508 e. The van der Waals surface area contributed by atoms with E-state index in [0.29, 0.717) is 11.5 Å². The van der Waals surface area contributed by atoms with Crippen molar-refractivity contribution in [3.8, 4) is 11.5 Å². The smallest absolute Gasteiger partial charge is 0.115 e. The molecule has 0 radical (unpaired) electrons. The predicted molar refractivity (Wildman–Crippen MR) is 132 cm³/mol. The molecule has 0 bridgehead atoms. The van der Waals surface area contributed by atoms with Crippen LogP contribution in [0.1, 0.15) is 24.0 Å². The van der Waals surface area contributed by atoms with Crippen LogP contribution in [0.15, 0.2) is 48.5 Å². The fourth-order valence-corrected chi connectivity index (χ4v) is 7.45. The summed E-state index contributed by atoms with van der Waals surface area (Å²) >= 11 is 4.06. The van der Waals surface area contributed by atoms with E-state index in [1.807, 2.05) is 69.4 Å². The van der Waals surface area contributed by atoms with Crippen molar-refractivity contribution in [1.29, 1.82) is 0 Å². The zero-order valence-corrected chi connectivity index (χ0v) is 19.5. The van der Waals surface area contributed by atoms with Gasteiger partial charge in [-0.15, -0.1) is 0 Å². The van der Waals surface area contributed by atoms with Crippen molar-refractivity contribution in [2.45, 2.75) is 25.7 Å². The Hall–Kier alpha value is -0.560. The van der Waals surface area contributed by atoms with Gasteiger partial charge in [0.15, 0.2) is 0 Å². The molecule has 0 aliphatic rings. The predicted octanol–water partition coefficient (Wildman–Crippen LogP) is 6.51. The van der Waals surface area contributed by atoms with E-state index in [0.717, 1.165) is 12.8 Å². The van der Waals surface area contributed by atoms with Crippen molar-refractivity contribution >= 4 is 45.1 Å². The van der Waals surface area contributed by atoms with Gasteiger partial charge in [-0.25, -0.2) is 0 Å². The van der Waals surface area contributed by atoms with Gasteiger partial charge < -0.3 is 10.2 Å². The SMILES string of the molecule is Oc1cccc(CCCSCCSSCCSCCCc2cccc(O)c2)c1. The highest BCUT2D eigenvalue weighted by Gasteiger charge is 1.98. The molecule has 0 amide bonds. The monoisotopic (exact) mass is 454 g/mol. The molecule has 0 aliphatic carbocycles. The third-order valence-corrected chi connectivity index (χ3v) is 9.10. The molecular formula is C22H30O2S4. The van der Waals surface area contributed by atoms with Crippen LogP contribution in [0.5, 0.6) is 11.5 Å². The molecule has 0 fully saturated rings. The molecule has 28 heavy (non-hydrogen) atoms. The van der Waals surface area contributed by atoms with E-state index in [1.165, 1.54) is 58.5 Å².